The zero-order valence-electron chi connectivity index (χ0n) is 8.50. The average molecular weight is 237 g/mol. The zero-order valence-corrected chi connectivity index (χ0v) is 9.31. The Labute approximate surface area is 94.1 Å². The van der Waals surface area contributed by atoms with Gasteiger partial charge in [-0.3, -0.25) is 0 Å². The van der Waals surface area contributed by atoms with E-state index in [1.54, 1.807) is 0 Å². The van der Waals surface area contributed by atoms with Crippen LogP contribution in [0, 0.1) is 11.3 Å². The first-order valence-electron chi connectivity index (χ1n) is 4.80. The van der Waals surface area contributed by atoms with Crippen molar-refractivity contribution in [2.75, 3.05) is 13.1 Å². The first kappa shape index (κ1) is 11.1. The number of rotatable bonds is 2. The first-order chi connectivity index (χ1) is 7.54. The molecule has 1 saturated heterocycles. The van der Waals surface area contributed by atoms with E-state index in [0.717, 1.165) is 0 Å². The van der Waals surface area contributed by atoms with Crippen molar-refractivity contribution in [1.29, 1.82) is 5.26 Å². The first-order valence-corrected chi connectivity index (χ1v) is 6.24. The molecule has 1 fully saturated rings. The number of hydrogen-bond acceptors (Lipinski definition) is 4. The van der Waals surface area contributed by atoms with Gasteiger partial charge >= 0.3 is 0 Å². The molecule has 5 nitrogen and oxygen atoms in total. The van der Waals surface area contributed by atoms with Crippen LogP contribution in [0.25, 0.3) is 0 Å². The molecule has 84 valence electrons. The summed E-state index contributed by atoms with van der Waals surface area (Å²) in [5.41, 5.74) is 5.98. The molecule has 1 aromatic rings. The second kappa shape index (κ2) is 3.87. The van der Waals surface area contributed by atoms with Crippen molar-refractivity contribution < 1.29 is 8.42 Å². The standard InChI is InChI=1S/C10H11N3O2S/c11-5-8-1-3-10(4-2-8)16(14,15)13-6-9(12)7-13/h1-4,9H,6-7,12H2. The summed E-state index contributed by atoms with van der Waals surface area (Å²) in [6.07, 6.45) is 0. The van der Waals surface area contributed by atoms with E-state index in [1.165, 1.54) is 28.6 Å². The van der Waals surface area contributed by atoms with Gasteiger partial charge in [0.2, 0.25) is 10.0 Å². The van der Waals surface area contributed by atoms with Crippen molar-refractivity contribution in [1.82, 2.24) is 4.31 Å². The summed E-state index contributed by atoms with van der Waals surface area (Å²) in [6, 6.07) is 7.75. The predicted molar refractivity (Wildman–Crippen MR) is 57.9 cm³/mol. The Morgan fingerprint density at radius 1 is 1.31 bits per heavy atom. The Hall–Kier alpha value is -1.42. The second-order valence-electron chi connectivity index (χ2n) is 3.72. The fourth-order valence-electron chi connectivity index (χ4n) is 1.52. The minimum atomic E-state index is -3.42. The molecule has 2 rings (SSSR count). The predicted octanol–water partition coefficient (Wildman–Crippen LogP) is -0.110. The van der Waals surface area contributed by atoms with Crippen LogP contribution >= 0.6 is 0 Å². The molecule has 1 aliphatic rings. The van der Waals surface area contributed by atoms with Gasteiger partial charge in [0, 0.05) is 19.1 Å². The summed E-state index contributed by atoms with van der Waals surface area (Å²) < 4.78 is 25.2. The van der Waals surface area contributed by atoms with Crippen LogP contribution in [0.4, 0.5) is 0 Å². The topological polar surface area (TPSA) is 87.2 Å². The quantitative estimate of drug-likeness (QED) is 0.777. The maximum absolute atomic E-state index is 11.9. The smallest absolute Gasteiger partial charge is 0.243 e. The minimum Gasteiger partial charge on any atom is -0.325 e. The van der Waals surface area contributed by atoms with Crippen molar-refractivity contribution in [3.05, 3.63) is 29.8 Å². The molecule has 1 aromatic carbocycles. The molecule has 0 aliphatic carbocycles. The summed E-state index contributed by atoms with van der Waals surface area (Å²) in [7, 11) is -3.42. The fraction of sp³-hybridized carbons (Fsp3) is 0.300. The van der Waals surface area contributed by atoms with Crippen molar-refractivity contribution in [2.24, 2.45) is 5.73 Å². The van der Waals surface area contributed by atoms with E-state index in [1.807, 2.05) is 6.07 Å². The highest BCUT2D eigenvalue weighted by Crippen LogP contribution is 2.20. The Balaban J connectivity index is 2.27. The molecule has 2 N–H and O–H groups in total. The van der Waals surface area contributed by atoms with Gasteiger partial charge in [-0.15, -0.1) is 0 Å². The van der Waals surface area contributed by atoms with E-state index in [9.17, 15) is 8.42 Å². The third-order valence-electron chi connectivity index (χ3n) is 2.50. The van der Waals surface area contributed by atoms with Crippen LogP contribution in [0.3, 0.4) is 0 Å². The number of benzene rings is 1. The van der Waals surface area contributed by atoms with Gasteiger partial charge in [0.1, 0.15) is 0 Å². The molecule has 16 heavy (non-hydrogen) atoms. The van der Waals surface area contributed by atoms with E-state index in [-0.39, 0.29) is 10.9 Å². The van der Waals surface area contributed by atoms with E-state index >= 15 is 0 Å². The van der Waals surface area contributed by atoms with Gasteiger partial charge in [0.05, 0.1) is 16.5 Å². The fourth-order valence-corrected chi connectivity index (χ4v) is 3.07. The van der Waals surface area contributed by atoms with Crippen LogP contribution < -0.4 is 5.73 Å². The third kappa shape index (κ3) is 1.80. The molecule has 1 heterocycles. The highest BCUT2D eigenvalue weighted by Gasteiger charge is 2.34. The number of nitriles is 1. The molecular formula is C10H11N3O2S. The van der Waals surface area contributed by atoms with E-state index in [2.05, 4.69) is 0 Å². The van der Waals surface area contributed by atoms with Crippen LogP contribution in [0.2, 0.25) is 0 Å². The molecule has 1 aliphatic heterocycles. The van der Waals surface area contributed by atoms with Crippen LogP contribution in [0.5, 0.6) is 0 Å². The lowest BCUT2D eigenvalue weighted by Crippen LogP contribution is -2.57. The number of hydrogen-bond donors (Lipinski definition) is 1. The van der Waals surface area contributed by atoms with Crippen molar-refractivity contribution in [3.63, 3.8) is 0 Å². The monoisotopic (exact) mass is 237 g/mol. The lowest BCUT2D eigenvalue weighted by molar-refractivity contribution is 0.265. The van der Waals surface area contributed by atoms with E-state index < -0.39 is 10.0 Å². The van der Waals surface area contributed by atoms with Crippen molar-refractivity contribution in [3.8, 4) is 6.07 Å². The molecule has 0 aromatic heterocycles. The van der Waals surface area contributed by atoms with Crippen LogP contribution in [0.15, 0.2) is 29.2 Å². The van der Waals surface area contributed by atoms with Crippen molar-refractivity contribution in [2.45, 2.75) is 10.9 Å². The largest absolute Gasteiger partial charge is 0.325 e. The normalized spacial score (nSPS) is 17.8. The molecule has 0 saturated carbocycles. The molecule has 0 unspecified atom stereocenters. The van der Waals surface area contributed by atoms with E-state index in [0.29, 0.717) is 18.7 Å². The highest BCUT2D eigenvalue weighted by atomic mass is 32.2. The molecule has 0 radical (unpaired) electrons. The molecular weight excluding hydrogens is 226 g/mol. The summed E-state index contributed by atoms with van der Waals surface area (Å²) in [5, 5.41) is 8.61. The maximum atomic E-state index is 11.9. The summed E-state index contributed by atoms with van der Waals surface area (Å²) in [6.45, 7) is 0.727. The molecule has 0 atom stereocenters. The minimum absolute atomic E-state index is 0.0619. The average Bonchev–Trinajstić information content (AvgIpc) is 2.25. The Kier molecular flexibility index (Phi) is 2.68. The number of sulfonamides is 1. The lowest BCUT2D eigenvalue weighted by atomic mass is 10.2. The molecule has 0 amide bonds. The molecule has 0 bridgehead atoms. The Bertz CT molecular complexity index is 524. The second-order valence-corrected chi connectivity index (χ2v) is 5.66. The van der Waals surface area contributed by atoms with Gasteiger partial charge in [0.25, 0.3) is 0 Å². The van der Waals surface area contributed by atoms with Crippen LogP contribution in [0.1, 0.15) is 5.56 Å². The summed E-state index contributed by atoms with van der Waals surface area (Å²) in [5.74, 6) is 0. The Morgan fingerprint density at radius 2 is 1.88 bits per heavy atom. The third-order valence-corrected chi connectivity index (χ3v) is 4.34. The van der Waals surface area contributed by atoms with E-state index in [4.69, 9.17) is 11.0 Å². The van der Waals surface area contributed by atoms with Crippen LogP contribution in [-0.4, -0.2) is 31.9 Å². The molecule has 6 heteroatoms. The van der Waals surface area contributed by atoms with Crippen molar-refractivity contribution >= 4 is 10.0 Å². The number of nitrogens with zero attached hydrogens (tertiary/aromatic N) is 2. The van der Waals surface area contributed by atoms with Gasteiger partial charge in [-0.05, 0) is 24.3 Å². The van der Waals surface area contributed by atoms with Crippen LogP contribution in [-0.2, 0) is 10.0 Å². The van der Waals surface area contributed by atoms with Gasteiger partial charge in [-0.2, -0.15) is 9.57 Å². The zero-order chi connectivity index (χ0) is 11.8. The van der Waals surface area contributed by atoms with Gasteiger partial charge < -0.3 is 5.73 Å². The van der Waals surface area contributed by atoms with Gasteiger partial charge in [-0.1, -0.05) is 0 Å². The maximum Gasteiger partial charge on any atom is 0.243 e. The summed E-state index contributed by atoms with van der Waals surface area (Å²) >= 11 is 0. The molecule has 0 spiro atoms. The summed E-state index contributed by atoms with van der Waals surface area (Å²) in [4.78, 5) is 0.207. The number of nitrogens with two attached hydrogens (primary N) is 1. The SMILES string of the molecule is N#Cc1ccc(S(=O)(=O)N2CC(N)C2)cc1. The lowest BCUT2D eigenvalue weighted by Gasteiger charge is -2.35. The van der Waals surface area contributed by atoms with Gasteiger partial charge in [0.15, 0.2) is 0 Å². The Morgan fingerprint density at radius 3 is 2.31 bits per heavy atom. The van der Waals surface area contributed by atoms with Gasteiger partial charge in [-0.25, -0.2) is 8.42 Å². The highest BCUT2D eigenvalue weighted by molar-refractivity contribution is 7.89.